The summed E-state index contributed by atoms with van der Waals surface area (Å²) < 4.78 is 6.57. The van der Waals surface area contributed by atoms with Gasteiger partial charge in [-0.25, -0.2) is 0 Å². The van der Waals surface area contributed by atoms with Crippen LogP contribution in [0.25, 0.3) is 0 Å². The van der Waals surface area contributed by atoms with E-state index in [0.29, 0.717) is 10.8 Å². The van der Waals surface area contributed by atoms with Crippen LogP contribution in [0.4, 0.5) is 0 Å². The van der Waals surface area contributed by atoms with E-state index in [1.807, 2.05) is 6.07 Å². The maximum Gasteiger partial charge on any atom is 0.261 e. The third-order valence-corrected chi connectivity index (χ3v) is 3.45. The number of halogens is 2. The van der Waals surface area contributed by atoms with Gasteiger partial charge in [0.1, 0.15) is 5.75 Å². The molecule has 17 heavy (non-hydrogen) atoms. The van der Waals surface area contributed by atoms with Crippen molar-refractivity contribution in [3.05, 3.63) is 27.7 Å². The van der Waals surface area contributed by atoms with Crippen molar-refractivity contribution in [3.63, 3.8) is 0 Å². The van der Waals surface area contributed by atoms with Gasteiger partial charge in [0.15, 0.2) is 6.10 Å². The standard InChI is InChI=1S/C12H13BrClNO2/c13-8-4-5-9(14)11(7-8)17-10-3-1-2-6-15-12(10)16/h4-5,7,10H,1-3,6H2,(H,15,16). The van der Waals surface area contributed by atoms with Crippen molar-refractivity contribution < 1.29 is 9.53 Å². The molecule has 1 atom stereocenters. The quantitative estimate of drug-likeness (QED) is 0.909. The van der Waals surface area contributed by atoms with Crippen molar-refractivity contribution in [2.24, 2.45) is 0 Å². The molecule has 1 saturated heterocycles. The van der Waals surface area contributed by atoms with Gasteiger partial charge in [0.05, 0.1) is 5.02 Å². The zero-order valence-electron chi connectivity index (χ0n) is 9.21. The molecule has 1 N–H and O–H groups in total. The van der Waals surface area contributed by atoms with E-state index in [-0.39, 0.29) is 5.91 Å². The van der Waals surface area contributed by atoms with Gasteiger partial charge in [-0.3, -0.25) is 4.79 Å². The molecule has 1 aromatic rings. The molecule has 0 aliphatic carbocycles. The molecule has 0 saturated carbocycles. The van der Waals surface area contributed by atoms with Gasteiger partial charge in [-0.2, -0.15) is 0 Å². The monoisotopic (exact) mass is 317 g/mol. The van der Waals surface area contributed by atoms with Gasteiger partial charge in [0.25, 0.3) is 5.91 Å². The Morgan fingerprint density at radius 3 is 3.06 bits per heavy atom. The molecule has 1 unspecified atom stereocenters. The molecule has 0 aromatic heterocycles. The highest BCUT2D eigenvalue weighted by atomic mass is 79.9. The Morgan fingerprint density at radius 2 is 2.24 bits per heavy atom. The number of ether oxygens (including phenoxy) is 1. The molecule has 0 spiro atoms. The maximum absolute atomic E-state index is 11.7. The lowest BCUT2D eigenvalue weighted by Crippen LogP contribution is -2.36. The average Bonchev–Trinajstić information content (AvgIpc) is 2.50. The van der Waals surface area contributed by atoms with Crippen molar-refractivity contribution in [1.82, 2.24) is 5.32 Å². The summed E-state index contributed by atoms with van der Waals surface area (Å²) >= 11 is 9.38. The molecule has 1 aliphatic rings. The van der Waals surface area contributed by atoms with Crippen LogP contribution in [-0.4, -0.2) is 18.6 Å². The minimum Gasteiger partial charge on any atom is -0.479 e. The Kier molecular flexibility index (Phi) is 4.29. The highest BCUT2D eigenvalue weighted by Gasteiger charge is 2.23. The first kappa shape index (κ1) is 12.7. The first-order valence-corrected chi connectivity index (χ1v) is 6.73. The summed E-state index contributed by atoms with van der Waals surface area (Å²) in [5.41, 5.74) is 0. The topological polar surface area (TPSA) is 38.3 Å². The van der Waals surface area contributed by atoms with Crippen LogP contribution < -0.4 is 10.1 Å². The Morgan fingerprint density at radius 1 is 1.41 bits per heavy atom. The number of carbonyl (C=O) groups is 1. The van der Waals surface area contributed by atoms with Crippen LogP contribution in [-0.2, 0) is 4.79 Å². The molecule has 1 aliphatic heterocycles. The summed E-state index contributed by atoms with van der Waals surface area (Å²) in [5.74, 6) is 0.488. The van der Waals surface area contributed by atoms with Gasteiger partial charge in [-0.15, -0.1) is 0 Å². The minimum atomic E-state index is -0.440. The SMILES string of the molecule is O=C1NCCCCC1Oc1cc(Br)ccc1Cl. The average molecular weight is 319 g/mol. The van der Waals surface area contributed by atoms with Gasteiger partial charge >= 0.3 is 0 Å². The van der Waals surface area contributed by atoms with Gasteiger partial charge in [0.2, 0.25) is 0 Å². The summed E-state index contributed by atoms with van der Waals surface area (Å²) in [6.07, 6.45) is 2.27. The highest BCUT2D eigenvalue weighted by molar-refractivity contribution is 9.10. The number of hydrogen-bond donors (Lipinski definition) is 1. The zero-order valence-corrected chi connectivity index (χ0v) is 11.6. The lowest BCUT2D eigenvalue weighted by Gasteiger charge is -2.16. The molecule has 1 fully saturated rings. The van der Waals surface area contributed by atoms with E-state index >= 15 is 0 Å². The van der Waals surface area contributed by atoms with E-state index in [4.69, 9.17) is 16.3 Å². The highest BCUT2D eigenvalue weighted by Crippen LogP contribution is 2.29. The fraction of sp³-hybridized carbons (Fsp3) is 0.417. The number of rotatable bonds is 2. The van der Waals surface area contributed by atoms with Crippen molar-refractivity contribution in [2.75, 3.05) is 6.54 Å². The van der Waals surface area contributed by atoms with Crippen LogP contribution in [0.5, 0.6) is 5.75 Å². The largest absolute Gasteiger partial charge is 0.479 e. The smallest absolute Gasteiger partial charge is 0.261 e. The summed E-state index contributed by atoms with van der Waals surface area (Å²) in [6, 6.07) is 5.36. The number of nitrogens with one attached hydrogen (secondary N) is 1. The second kappa shape index (κ2) is 5.74. The molecule has 2 rings (SSSR count). The van der Waals surface area contributed by atoms with Crippen LogP contribution in [0.3, 0.4) is 0 Å². The number of carbonyl (C=O) groups excluding carboxylic acids is 1. The van der Waals surface area contributed by atoms with E-state index in [9.17, 15) is 4.79 Å². The van der Waals surface area contributed by atoms with Crippen molar-refractivity contribution >= 4 is 33.4 Å². The van der Waals surface area contributed by atoms with Gasteiger partial charge in [-0.05, 0) is 37.5 Å². The third-order valence-electron chi connectivity index (χ3n) is 2.65. The summed E-state index contributed by atoms with van der Waals surface area (Å²) in [5, 5.41) is 3.35. The van der Waals surface area contributed by atoms with Crippen LogP contribution in [0.1, 0.15) is 19.3 Å². The summed E-state index contributed by atoms with van der Waals surface area (Å²) in [7, 11) is 0. The van der Waals surface area contributed by atoms with Crippen LogP contribution in [0.15, 0.2) is 22.7 Å². The molecule has 1 heterocycles. The van der Waals surface area contributed by atoms with E-state index in [1.54, 1.807) is 12.1 Å². The number of amides is 1. The van der Waals surface area contributed by atoms with Gasteiger partial charge in [0, 0.05) is 11.0 Å². The fourth-order valence-electron chi connectivity index (χ4n) is 1.74. The van der Waals surface area contributed by atoms with E-state index in [2.05, 4.69) is 21.2 Å². The molecular weight excluding hydrogens is 305 g/mol. The molecule has 5 heteroatoms. The molecule has 1 aromatic carbocycles. The predicted octanol–water partition coefficient (Wildman–Crippen LogP) is 3.15. The molecule has 3 nitrogen and oxygen atoms in total. The van der Waals surface area contributed by atoms with E-state index in [1.165, 1.54) is 0 Å². The zero-order chi connectivity index (χ0) is 12.3. The van der Waals surface area contributed by atoms with Crippen molar-refractivity contribution in [1.29, 1.82) is 0 Å². The Bertz CT molecular complexity index is 425. The summed E-state index contributed by atoms with van der Waals surface area (Å²) in [6.45, 7) is 0.727. The Labute approximate surface area is 114 Å². The van der Waals surface area contributed by atoms with E-state index in [0.717, 1.165) is 30.3 Å². The molecule has 0 bridgehead atoms. The van der Waals surface area contributed by atoms with Crippen LogP contribution in [0.2, 0.25) is 5.02 Å². The lowest BCUT2D eigenvalue weighted by atomic mass is 10.2. The molecular formula is C12H13BrClNO2. The van der Waals surface area contributed by atoms with Gasteiger partial charge < -0.3 is 10.1 Å². The minimum absolute atomic E-state index is 0.0569. The molecule has 0 radical (unpaired) electrons. The number of benzene rings is 1. The molecule has 1 amide bonds. The Hall–Kier alpha value is -0.740. The molecule has 92 valence electrons. The van der Waals surface area contributed by atoms with Crippen LogP contribution >= 0.6 is 27.5 Å². The fourth-order valence-corrected chi connectivity index (χ4v) is 2.25. The maximum atomic E-state index is 11.7. The number of hydrogen-bond acceptors (Lipinski definition) is 2. The Balaban J connectivity index is 2.13. The predicted molar refractivity (Wildman–Crippen MR) is 70.4 cm³/mol. The first-order valence-electron chi connectivity index (χ1n) is 5.56. The second-order valence-corrected chi connectivity index (χ2v) is 5.29. The van der Waals surface area contributed by atoms with Crippen LogP contribution in [0, 0.1) is 0 Å². The van der Waals surface area contributed by atoms with Gasteiger partial charge in [-0.1, -0.05) is 27.5 Å². The third kappa shape index (κ3) is 3.36. The second-order valence-electron chi connectivity index (χ2n) is 3.97. The first-order chi connectivity index (χ1) is 8.16. The van der Waals surface area contributed by atoms with Crippen molar-refractivity contribution in [2.45, 2.75) is 25.4 Å². The van der Waals surface area contributed by atoms with E-state index < -0.39 is 6.10 Å². The lowest BCUT2D eigenvalue weighted by molar-refractivity contribution is -0.127. The normalized spacial score (nSPS) is 20.6. The van der Waals surface area contributed by atoms with Crippen molar-refractivity contribution in [3.8, 4) is 5.75 Å². The summed E-state index contributed by atoms with van der Waals surface area (Å²) in [4.78, 5) is 11.7.